The molecule has 1 fully saturated rings. The van der Waals surface area contributed by atoms with Gasteiger partial charge in [0.25, 0.3) is 0 Å². The number of unbranched alkanes of at least 4 members (excludes halogenated alkanes) is 1. The van der Waals surface area contributed by atoms with Gasteiger partial charge in [0.1, 0.15) is 0 Å². The molecule has 1 aliphatic heterocycles. The number of carbonyl (C=O) groups is 1. The summed E-state index contributed by atoms with van der Waals surface area (Å²) >= 11 is 0. The molecule has 1 N–H and O–H groups in total. The summed E-state index contributed by atoms with van der Waals surface area (Å²) in [5.74, 6) is 0.261. The van der Waals surface area contributed by atoms with Crippen molar-refractivity contribution in [3.05, 3.63) is 0 Å². The first-order valence-corrected chi connectivity index (χ1v) is 7.27. The van der Waals surface area contributed by atoms with E-state index in [4.69, 9.17) is 4.74 Å². The monoisotopic (exact) mass is 256 g/mol. The van der Waals surface area contributed by atoms with Gasteiger partial charge in [0.2, 0.25) is 5.91 Å². The lowest BCUT2D eigenvalue weighted by Gasteiger charge is -2.18. The molecule has 0 saturated carbocycles. The Balaban J connectivity index is 2.11. The van der Waals surface area contributed by atoms with Crippen LogP contribution in [0.3, 0.4) is 0 Å². The van der Waals surface area contributed by atoms with E-state index in [1.54, 1.807) is 0 Å². The van der Waals surface area contributed by atoms with Gasteiger partial charge in [-0.25, -0.2) is 0 Å². The molecule has 0 radical (unpaired) electrons. The number of amides is 1. The molecule has 4 nitrogen and oxygen atoms in total. The van der Waals surface area contributed by atoms with Gasteiger partial charge in [-0.15, -0.1) is 0 Å². The highest BCUT2D eigenvalue weighted by atomic mass is 16.5. The molecule has 18 heavy (non-hydrogen) atoms. The van der Waals surface area contributed by atoms with Gasteiger partial charge in [-0.3, -0.25) is 4.79 Å². The number of nitrogens with zero attached hydrogens (tertiary/aromatic N) is 1. The van der Waals surface area contributed by atoms with Crippen LogP contribution < -0.4 is 5.32 Å². The number of hydrogen-bond donors (Lipinski definition) is 1. The van der Waals surface area contributed by atoms with Crippen molar-refractivity contribution in [3.63, 3.8) is 0 Å². The lowest BCUT2D eigenvalue weighted by Crippen LogP contribution is -2.41. The minimum Gasteiger partial charge on any atom is -0.381 e. The second kappa shape index (κ2) is 8.48. The molecule has 1 aliphatic rings. The van der Waals surface area contributed by atoms with Crippen LogP contribution in [0.15, 0.2) is 0 Å². The Morgan fingerprint density at radius 2 is 2.11 bits per heavy atom. The summed E-state index contributed by atoms with van der Waals surface area (Å²) in [6.45, 7) is 9.66. The molecule has 1 unspecified atom stereocenters. The predicted molar refractivity (Wildman–Crippen MR) is 73.6 cm³/mol. The van der Waals surface area contributed by atoms with Crippen LogP contribution in [-0.4, -0.2) is 49.2 Å². The summed E-state index contributed by atoms with van der Waals surface area (Å²) in [5, 5.41) is 3.32. The SMILES string of the molecule is CCCCOCCCN1CCC(NC(C)C)C1=O. The van der Waals surface area contributed by atoms with E-state index in [0.717, 1.165) is 45.6 Å². The van der Waals surface area contributed by atoms with Crippen LogP contribution in [0.2, 0.25) is 0 Å². The molecule has 0 aromatic rings. The van der Waals surface area contributed by atoms with Gasteiger partial charge in [0.15, 0.2) is 0 Å². The Morgan fingerprint density at radius 1 is 1.39 bits per heavy atom. The summed E-state index contributed by atoms with van der Waals surface area (Å²) in [6, 6.07) is 0.405. The molecule has 0 aromatic carbocycles. The highest BCUT2D eigenvalue weighted by Gasteiger charge is 2.30. The van der Waals surface area contributed by atoms with E-state index in [1.807, 2.05) is 4.90 Å². The Bertz CT molecular complexity index is 244. The van der Waals surface area contributed by atoms with Crippen LogP contribution in [-0.2, 0) is 9.53 Å². The fourth-order valence-electron chi connectivity index (χ4n) is 2.22. The van der Waals surface area contributed by atoms with E-state index in [2.05, 4.69) is 26.1 Å². The summed E-state index contributed by atoms with van der Waals surface area (Å²) in [7, 11) is 0. The lowest BCUT2D eigenvalue weighted by atomic mass is 10.2. The summed E-state index contributed by atoms with van der Waals surface area (Å²) in [4.78, 5) is 14.0. The Labute approximate surface area is 111 Å². The molecule has 1 amide bonds. The van der Waals surface area contributed by atoms with Gasteiger partial charge in [-0.05, 0) is 19.3 Å². The van der Waals surface area contributed by atoms with Crippen molar-refractivity contribution in [3.8, 4) is 0 Å². The first-order chi connectivity index (χ1) is 8.65. The van der Waals surface area contributed by atoms with Crippen molar-refractivity contribution < 1.29 is 9.53 Å². The highest BCUT2D eigenvalue weighted by Crippen LogP contribution is 2.12. The fourth-order valence-corrected chi connectivity index (χ4v) is 2.22. The molecule has 1 atom stereocenters. The third kappa shape index (κ3) is 5.36. The van der Waals surface area contributed by atoms with E-state index in [-0.39, 0.29) is 11.9 Å². The molecule has 0 aromatic heterocycles. The molecule has 1 heterocycles. The van der Waals surface area contributed by atoms with Gasteiger partial charge >= 0.3 is 0 Å². The van der Waals surface area contributed by atoms with Gasteiger partial charge < -0.3 is 15.0 Å². The van der Waals surface area contributed by atoms with Crippen molar-refractivity contribution in [2.24, 2.45) is 0 Å². The third-order valence-corrected chi connectivity index (χ3v) is 3.19. The minimum atomic E-state index is 0.0333. The van der Waals surface area contributed by atoms with Crippen LogP contribution in [0, 0.1) is 0 Å². The Morgan fingerprint density at radius 3 is 2.78 bits per heavy atom. The van der Waals surface area contributed by atoms with E-state index >= 15 is 0 Å². The first kappa shape index (κ1) is 15.4. The third-order valence-electron chi connectivity index (χ3n) is 3.19. The highest BCUT2D eigenvalue weighted by molar-refractivity contribution is 5.83. The Kier molecular flexibility index (Phi) is 7.28. The second-order valence-electron chi connectivity index (χ2n) is 5.31. The van der Waals surface area contributed by atoms with Crippen LogP contribution >= 0.6 is 0 Å². The summed E-state index contributed by atoms with van der Waals surface area (Å²) < 4.78 is 5.51. The molecular formula is C14H28N2O2. The van der Waals surface area contributed by atoms with Crippen molar-refractivity contribution in [2.75, 3.05) is 26.3 Å². The van der Waals surface area contributed by atoms with Gasteiger partial charge in [0, 0.05) is 32.3 Å². The van der Waals surface area contributed by atoms with Crippen molar-refractivity contribution in [1.29, 1.82) is 0 Å². The lowest BCUT2D eigenvalue weighted by molar-refractivity contribution is -0.129. The zero-order valence-corrected chi connectivity index (χ0v) is 12.1. The first-order valence-electron chi connectivity index (χ1n) is 7.27. The second-order valence-corrected chi connectivity index (χ2v) is 5.31. The molecule has 0 aliphatic carbocycles. The number of carbonyl (C=O) groups excluding carboxylic acids is 1. The maximum Gasteiger partial charge on any atom is 0.239 e. The maximum atomic E-state index is 12.0. The van der Waals surface area contributed by atoms with Gasteiger partial charge in [-0.1, -0.05) is 27.2 Å². The molecular weight excluding hydrogens is 228 g/mol. The van der Waals surface area contributed by atoms with Crippen LogP contribution in [0.4, 0.5) is 0 Å². The summed E-state index contributed by atoms with van der Waals surface area (Å²) in [6.07, 6.45) is 4.19. The van der Waals surface area contributed by atoms with E-state index in [1.165, 1.54) is 6.42 Å². The normalized spacial score (nSPS) is 20.1. The average molecular weight is 256 g/mol. The number of likely N-dealkylation sites (tertiary alicyclic amines) is 1. The average Bonchev–Trinajstić information content (AvgIpc) is 2.65. The molecule has 1 rings (SSSR count). The largest absolute Gasteiger partial charge is 0.381 e. The maximum absolute atomic E-state index is 12.0. The predicted octanol–water partition coefficient (Wildman–Crippen LogP) is 1.79. The fraction of sp³-hybridized carbons (Fsp3) is 0.929. The standard InChI is InChI=1S/C14H28N2O2/c1-4-5-10-18-11-6-8-16-9-7-13(14(16)17)15-12(2)3/h12-13,15H,4-11H2,1-3H3. The number of nitrogens with one attached hydrogen (secondary N) is 1. The molecule has 4 heteroatoms. The van der Waals surface area contributed by atoms with E-state index in [0.29, 0.717) is 6.04 Å². The van der Waals surface area contributed by atoms with Crippen LogP contribution in [0.25, 0.3) is 0 Å². The van der Waals surface area contributed by atoms with Gasteiger partial charge in [0.05, 0.1) is 6.04 Å². The van der Waals surface area contributed by atoms with Crippen molar-refractivity contribution in [2.45, 2.75) is 58.5 Å². The number of ether oxygens (including phenoxy) is 1. The van der Waals surface area contributed by atoms with Crippen molar-refractivity contribution in [1.82, 2.24) is 10.2 Å². The van der Waals surface area contributed by atoms with Gasteiger partial charge in [-0.2, -0.15) is 0 Å². The molecule has 106 valence electrons. The molecule has 1 saturated heterocycles. The number of rotatable bonds is 9. The van der Waals surface area contributed by atoms with Crippen LogP contribution in [0.1, 0.15) is 46.5 Å². The minimum absolute atomic E-state index is 0.0333. The molecule has 0 spiro atoms. The van der Waals surface area contributed by atoms with Crippen LogP contribution in [0.5, 0.6) is 0 Å². The summed E-state index contributed by atoms with van der Waals surface area (Å²) in [5.41, 5.74) is 0. The zero-order chi connectivity index (χ0) is 13.4. The molecule has 0 bridgehead atoms. The zero-order valence-electron chi connectivity index (χ0n) is 12.1. The Hall–Kier alpha value is -0.610. The topological polar surface area (TPSA) is 41.6 Å². The van der Waals surface area contributed by atoms with E-state index < -0.39 is 0 Å². The van der Waals surface area contributed by atoms with Crippen molar-refractivity contribution >= 4 is 5.91 Å². The quantitative estimate of drug-likeness (QED) is 0.640. The smallest absolute Gasteiger partial charge is 0.239 e. The van der Waals surface area contributed by atoms with E-state index in [9.17, 15) is 4.79 Å². The number of hydrogen-bond acceptors (Lipinski definition) is 3.